The maximum atomic E-state index is 12.8. The van der Waals surface area contributed by atoms with Gasteiger partial charge in [0.25, 0.3) is 15.9 Å². The molecule has 0 spiro atoms. The molecule has 168 valence electrons. The summed E-state index contributed by atoms with van der Waals surface area (Å²) in [6.45, 7) is 5.18. The molecular weight excluding hydrogens is 457 g/mol. The molecule has 6 nitrogen and oxygen atoms in total. The van der Waals surface area contributed by atoms with Crippen molar-refractivity contribution in [1.29, 1.82) is 0 Å². The number of carbonyl (C=O) groups excluding carboxylic acids is 1. The molecule has 2 N–H and O–H groups in total. The summed E-state index contributed by atoms with van der Waals surface area (Å²) < 4.78 is 28.1. The summed E-state index contributed by atoms with van der Waals surface area (Å²) in [7, 11) is -3.97. The molecule has 0 bridgehead atoms. The Hall–Kier alpha value is -1.80. The van der Waals surface area contributed by atoms with E-state index in [2.05, 4.69) is 21.9 Å². The molecule has 0 aromatic heterocycles. The average molecular weight is 484 g/mol. The molecule has 1 saturated heterocycles. The molecule has 2 aromatic rings. The average Bonchev–Trinajstić information content (AvgIpc) is 2.75. The maximum Gasteiger partial charge on any atom is 0.263 e. The predicted octanol–water partition coefficient (Wildman–Crippen LogP) is 4.79. The van der Waals surface area contributed by atoms with E-state index in [0.29, 0.717) is 10.7 Å². The number of nitrogens with one attached hydrogen (secondary N) is 2. The topological polar surface area (TPSA) is 78.5 Å². The van der Waals surface area contributed by atoms with Crippen molar-refractivity contribution in [3.05, 3.63) is 58.1 Å². The summed E-state index contributed by atoms with van der Waals surface area (Å²) in [6, 6.07) is 10.6. The number of hydrogen-bond acceptors (Lipinski definition) is 4. The SMILES string of the molecule is CCCCN1CCC(NC(=O)c2ccc(Cl)c(S(=O)(=O)Nc3ccc(Cl)cc3)c2)CC1. The Morgan fingerprint density at radius 1 is 1.10 bits per heavy atom. The summed E-state index contributed by atoms with van der Waals surface area (Å²) >= 11 is 12.0. The number of hydrogen-bond donors (Lipinski definition) is 2. The van der Waals surface area contributed by atoms with Crippen LogP contribution >= 0.6 is 23.2 Å². The first-order valence-corrected chi connectivity index (χ1v) is 12.6. The van der Waals surface area contributed by atoms with Gasteiger partial charge in [-0.05, 0) is 68.3 Å². The Morgan fingerprint density at radius 2 is 1.77 bits per heavy atom. The van der Waals surface area contributed by atoms with Gasteiger partial charge in [-0.3, -0.25) is 9.52 Å². The zero-order valence-corrected chi connectivity index (χ0v) is 19.7. The molecular formula is C22H27Cl2N3O3S. The first kappa shape index (κ1) is 23.9. The molecule has 1 aliphatic rings. The van der Waals surface area contributed by atoms with Crippen molar-refractivity contribution in [2.75, 3.05) is 24.4 Å². The highest BCUT2D eigenvalue weighted by Gasteiger charge is 2.23. The monoisotopic (exact) mass is 483 g/mol. The van der Waals surface area contributed by atoms with E-state index in [9.17, 15) is 13.2 Å². The van der Waals surface area contributed by atoms with Crippen molar-refractivity contribution in [2.24, 2.45) is 0 Å². The second-order valence-electron chi connectivity index (χ2n) is 7.70. The lowest BCUT2D eigenvalue weighted by Crippen LogP contribution is -2.44. The fourth-order valence-corrected chi connectivity index (χ4v) is 5.24. The smallest absolute Gasteiger partial charge is 0.263 e. The summed E-state index contributed by atoms with van der Waals surface area (Å²) in [4.78, 5) is 15.0. The Labute approximate surface area is 194 Å². The van der Waals surface area contributed by atoms with Gasteiger partial charge in [0.15, 0.2) is 0 Å². The van der Waals surface area contributed by atoms with Crippen molar-refractivity contribution in [3.8, 4) is 0 Å². The summed E-state index contributed by atoms with van der Waals surface area (Å²) in [5.41, 5.74) is 0.611. The van der Waals surface area contributed by atoms with Gasteiger partial charge in [-0.2, -0.15) is 0 Å². The Balaban J connectivity index is 1.67. The van der Waals surface area contributed by atoms with Crippen LogP contribution in [0, 0.1) is 0 Å². The third kappa shape index (κ3) is 6.59. The van der Waals surface area contributed by atoms with E-state index >= 15 is 0 Å². The number of unbranched alkanes of at least 4 members (excludes halogenated alkanes) is 1. The van der Waals surface area contributed by atoms with Crippen LogP contribution in [0.15, 0.2) is 47.4 Å². The molecule has 1 heterocycles. The molecule has 2 aromatic carbocycles. The molecule has 3 rings (SSSR count). The molecule has 0 saturated carbocycles. The van der Waals surface area contributed by atoms with Crippen LogP contribution in [-0.4, -0.2) is 44.9 Å². The molecule has 0 radical (unpaired) electrons. The number of sulfonamides is 1. The highest BCUT2D eigenvalue weighted by molar-refractivity contribution is 7.92. The number of rotatable bonds is 8. The van der Waals surface area contributed by atoms with Crippen LogP contribution in [0.2, 0.25) is 10.0 Å². The number of halogens is 2. The van der Waals surface area contributed by atoms with E-state index in [1.807, 2.05) is 0 Å². The zero-order chi connectivity index (χ0) is 22.4. The molecule has 1 fully saturated rings. The zero-order valence-electron chi connectivity index (χ0n) is 17.4. The quantitative estimate of drug-likeness (QED) is 0.565. The van der Waals surface area contributed by atoms with Gasteiger partial charge >= 0.3 is 0 Å². The number of anilines is 1. The van der Waals surface area contributed by atoms with Crippen molar-refractivity contribution in [1.82, 2.24) is 10.2 Å². The van der Waals surface area contributed by atoms with Crippen LogP contribution < -0.4 is 10.0 Å². The summed E-state index contributed by atoms with van der Waals surface area (Å²) in [6.07, 6.45) is 4.12. The van der Waals surface area contributed by atoms with E-state index in [0.717, 1.165) is 32.5 Å². The fourth-order valence-electron chi connectivity index (χ4n) is 3.53. The Kier molecular flexibility index (Phi) is 8.22. The van der Waals surface area contributed by atoms with Gasteiger partial charge in [0.1, 0.15) is 4.90 Å². The van der Waals surface area contributed by atoms with Gasteiger partial charge in [-0.25, -0.2) is 8.42 Å². The van der Waals surface area contributed by atoms with Crippen LogP contribution in [0.5, 0.6) is 0 Å². The first-order chi connectivity index (χ1) is 14.8. The fraction of sp³-hybridized carbons (Fsp3) is 0.409. The highest BCUT2D eigenvalue weighted by Crippen LogP contribution is 2.26. The summed E-state index contributed by atoms with van der Waals surface area (Å²) in [5.74, 6) is -0.299. The minimum Gasteiger partial charge on any atom is -0.349 e. The lowest BCUT2D eigenvalue weighted by molar-refractivity contribution is 0.0910. The molecule has 0 aliphatic carbocycles. The van der Waals surface area contributed by atoms with Crippen molar-refractivity contribution in [3.63, 3.8) is 0 Å². The number of nitrogens with zero attached hydrogens (tertiary/aromatic N) is 1. The number of piperidine rings is 1. The van der Waals surface area contributed by atoms with Crippen LogP contribution in [-0.2, 0) is 10.0 Å². The van der Waals surface area contributed by atoms with Crippen molar-refractivity contribution < 1.29 is 13.2 Å². The van der Waals surface area contributed by atoms with Crippen LogP contribution in [0.4, 0.5) is 5.69 Å². The minimum absolute atomic E-state index is 0.0437. The van der Waals surface area contributed by atoms with Gasteiger partial charge in [-0.1, -0.05) is 36.5 Å². The molecule has 0 atom stereocenters. The second kappa shape index (κ2) is 10.7. The predicted molar refractivity (Wildman–Crippen MR) is 126 cm³/mol. The van der Waals surface area contributed by atoms with Gasteiger partial charge in [0.05, 0.1) is 5.02 Å². The molecule has 0 unspecified atom stereocenters. The molecule has 1 amide bonds. The standard InChI is InChI=1S/C22H27Cl2N3O3S/c1-2-3-12-27-13-10-18(11-14-27)25-22(28)16-4-9-20(24)21(15-16)31(29,30)26-19-7-5-17(23)6-8-19/h4-9,15,18,26H,2-3,10-14H2,1H3,(H,25,28). The van der Waals surface area contributed by atoms with Crippen LogP contribution in [0.3, 0.4) is 0 Å². The van der Waals surface area contributed by atoms with Gasteiger partial charge in [0, 0.05) is 35.4 Å². The van der Waals surface area contributed by atoms with Gasteiger partial charge in [-0.15, -0.1) is 0 Å². The van der Waals surface area contributed by atoms with E-state index in [1.165, 1.54) is 31.0 Å². The number of likely N-dealkylation sites (tertiary alicyclic amines) is 1. The first-order valence-electron chi connectivity index (χ1n) is 10.4. The summed E-state index contributed by atoms with van der Waals surface area (Å²) in [5, 5.41) is 3.57. The van der Waals surface area contributed by atoms with Crippen LogP contribution in [0.25, 0.3) is 0 Å². The number of benzene rings is 2. The third-order valence-electron chi connectivity index (χ3n) is 5.33. The third-order valence-corrected chi connectivity index (χ3v) is 7.44. The molecule has 9 heteroatoms. The van der Waals surface area contributed by atoms with Crippen LogP contribution in [0.1, 0.15) is 43.0 Å². The highest BCUT2D eigenvalue weighted by atomic mass is 35.5. The maximum absolute atomic E-state index is 12.8. The van der Waals surface area contributed by atoms with Gasteiger partial charge < -0.3 is 10.2 Å². The number of carbonyl (C=O) groups is 1. The second-order valence-corrected chi connectivity index (χ2v) is 10.2. The number of amides is 1. The lowest BCUT2D eigenvalue weighted by atomic mass is 10.0. The lowest BCUT2D eigenvalue weighted by Gasteiger charge is -2.32. The minimum atomic E-state index is -3.97. The Morgan fingerprint density at radius 3 is 2.42 bits per heavy atom. The van der Waals surface area contributed by atoms with E-state index < -0.39 is 10.0 Å². The van der Waals surface area contributed by atoms with Gasteiger partial charge in [0.2, 0.25) is 0 Å². The van der Waals surface area contributed by atoms with E-state index in [4.69, 9.17) is 23.2 Å². The van der Waals surface area contributed by atoms with Crippen molar-refractivity contribution >= 4 is 44.8 Å². The molecule has 1 aliphatic heterocycles. The van der Waals surface area contributed by atoms with Crippen molar-refractivity contribution in [2.45, 2.75) is 43.5 Å². The largest absolute Gasteiger partial charge is 0.349 e. The molecule has 31 heavy (non-hydrogen) atoms. The van der Waals surface area contributed by atoms with E-state index in [-0.39, 0.29) is 27.4 Å². The Bertz CT molecular complexity index is 1010. The normalized spacial score (nSPS) is 15.6. The van der Waals surface area contributed by atoms with E-state index in [1.54, 1.807) is 24.3 Å².